The van der Waals surface area contributed by atoms with Gasteiger partial charge < -0.3 is 9.47 Å². The second-order valence-corrected chi connectivity index (χ2v) is 12.3. The first-order valence-electron chi connectivity index (χ1n) is 13.9. The summed E-state index contributed by atoms with van der Waals surface area (Å²) in [5.41, 5.74) is 6.24. The topological polar surface area (TPSA) is 68.2 Å². The van der Waals surface area contributed by atoms with Gasteiger partial charge in [0.25, 0.3) is 11.8 Å². The van der Waals surface area contributed by atoms with E-state index in [4.69, 9.17) is 21.1 Å². The van der Waals surface area contributed by atoms with Crippen LogP contribution in [0.2, 0.25) is 5.02 Å². The number of nitrogens with zero attached hydrogens (tertiary/aromatic N) is 2. The van der Waals surface area contributed by atoms with Gasteiger partial charge in [0.1, 0.15) is 6.61 Å². The molecule has 1 heterocycles. The third-order valence-corrected chi connectivity index (χ3v) is 9.43. The number of imide groups is 1. The third-order valence-electron chi connectivity index (χ3n) is 8.38. The Kier molecular flexibility index (Phi) is 7.02. The fourth-order valence-electron chi connectivity index (χ4n) is 6.70. The van der Waals surface area contributed by atoms with E-state index in [2.05, 4.69) is 52.0 Å². The minimum atomic E-state index is -0.466. The first-order chi connectivity index (χ1) is 20.5. The molecule has 6 nitrogen and oxygen atoms in total. The molecule has 0 spiro atoms. The van der Waals surface area contributed by atoms with Gasteiger partial charge in [-0.2, -0.15) is 10.1 Å². The molecule has 8 heteroatoms. The van der Waals surface area contributed by atoms with Crippen molar-refractivity contribution in [1.29, 1.82) is 0 Å². The van der Waals surface area contributed by atoms with E-state index < -0.39 is 11.8 Å². The van der Waals surface area contributed by atoms with Crippen LogP contribution in [0, 0.1) is 15.4 Å². The van der Waals surface area contributed by atoms with Crippen LogP contribution in [0.25, 0.3) is 0 Å². The molecule has 0 unspecified atom stereocenters. The largest absolute Gasteiger partial charge is 0.490 e. The van der Waals surface area contributed by atoms with Crippen LogP contribution >= 0.6 is 34.2 Å². The van der Waals surface area contributed by atoms with Gasteiger partial charge in [-0.25, -0.2) is 0 Å². The number of rotatable bonds is 7. The Morgan fingerprint density at radius 3 is 1.90 bits per heavy atom. The van der Waals surface area contributed by atoms with Crippen molar-refractivity contribution < 1.29 is 19.1 Å². The van der Waals surface area contributed by atoms with E-state index in [0.29, 0.717) is 35.3 Å². The summed E-state index contributed by atoms with van der Waals surface area (Å²) in [6, 6.07) is 27.6. The lowest BCUT2D eigenvalue weighted by Crippen LogP contribution is -2.41. The minimum Gasteiger partial charge on any atom is -0.490 e. The summed E-state index contributed by atoms with van der Waals surface area (Å²) in [6.45, 7) is 2.71. The van der Waals surface area contributed by atoms with Gasteiger partial charge in [-0.3, -0.25) is 9.59 Å². The van der Waals surface area contributed by atoms with E-state index in [1.165, 1.54) is 0 Å². The normalized spacial score (nSPS) is 21.8. The maximum atomic E-state index is 13.8. The van der Waals surface area contributed by atoms with Gasteiger partial charge in [-0.1, -0.05) is 72.3 Å². The zero-order valence-corrected chi connectivity index (χ0v) is 25.6. The molecule has 210 valence electrons. The standard InChI is InChI=1S/C34H26ClIN2O4/c1-2-41-27-16-20(15-26(36)32(27)42-18-19-11-13-21(35)14-12-19)17-37-38-33(39)30-28-22-7-3-4-8-23(22)29(31(30)34(38)40)25-10-6-5-9-24(25)28/h3-17,28-31H,2,18H2,1H3/b37-17-/t28?,29?,30-,31+. The molecule has 3 aliphatic carbocycles. The molecule has 0 saturated carbocycles. The Morgan fingerprint density at radius 2 is 1.38 bits per heavy atom. The Morgan fingerprint density at radius 1 is 0.833 bits per heavy atom. The molecule has 0 radical (unpaired) electrons. The summed E-state index contributed by atoms with van der Waals surface area (Å²) >= 11 is 8.21. The molecule has 2 bridgehead atoms. The number of halogens is 2. The van der Waals surface area contributed by atoms with E-state index in [-0.39, 0.29) is 23.7 Å². The van der Waals surface area contributed by atoms with Crippen molar-refractivity contribution >= 4 is 52.2 Å². The summed E-state index contributed by atoms with van der Waals surface area (Å²) in [7, 11) is 0. The molecule has 4 aromatic carbocycles. The molecule has 1 aliphatic heterocycles. The summed E-state index contributed by atoms with van der Waals surface area (Å²) in [6.07, 6.45) is 1.56. The van der Waals surface area contributed by atoms with Crippen LogP contribution in [0.3, 0.4) is 0 Å². The lowest BCUT2D eigenvalue weighted by molar-refractivity contribution is -0.139. The number of hydrazone groups is 1. The van der Waals surface area contributed by atoms with Crippen molar-refractivity contribution in [2.75, 3.05) is 6.61 Å². The molecule has 4 aliphatic rings. The fraction of sp³-hybridized carbons (Fsp3) is 0.206. The molecule has 8 rings (SSSR count). The SMILES string of the molecule is CCOc1cc(/C=N\N2C(=O)[C@@H]3C4c5ccccc5C(c5ccccc54)[C@@H]3C2=O)cc(I)c1OCc1ccc(Cl)cc1. The van der Waals surface area contributed by atoms with Crippen molar-refractivity contribution in [1.82, 2.24) is 5.01 Å². The minimum absolute atomic E-state index is 0.161. The maximum absolute atomic E-state index is 13.8. The number of amides is 2. The summed E-state index contributed by atoms with van der Waals surface area (Å²) in [4.78, 5) is 27.7. The van der Waals surface area contributed by atoms with Crippen molar-refractivity contribution in [2.45, 2.75) is 25.4 Å². The highest BCUT2D eigenvalue weighted by Gasteiger charge is 2.61. The lowest BCUT2D eigenvalue weighted by Gasteiger charge is -2.45. The highest BCUT2D eigenvalue weighted by atomic mass is 127. The van der Waals surface area contributed by atoms with Crippen LogP contribution in [-0.2, 0) is 16.2 Å². The third kappa shape index (κ3) is 4.41. The van der Waals surface area contributed by atoms with Gasteiger partial charge in [0.05, 0.1) is 28.2 Å². The van der Waals surface area contributed by atoms with Crippen molar-refractivity contribution in [2.24, 2.45) is 16.9 Å². The van der Waals surface area contributed by atoms with Gasteiger partial charge in [-0.05, 0) is 87.2 Å². The summed E-state index contributed by atoms with van der Waals surface area (Å²) in [5, 5.41) is 6.23. The van der Waals surface area contributed by atoms with Crippen LogP contribution in [0.1, 0.15) is 52.1 Å². The number of ether oxygens (including phenoxy) is 2. The first kappa shape index (κ1) is 27.2. The number of hydrogen-bond donors (Lipinski definition) is 0. The average molecular weight is 689 g/mol. The maximum Gasteiger partial charge on any atom is 0.254 e. The van der Waals surface area contributed by atoms with E-state index in [1.54, 1.807) is 6.21 Å². The molecule has 0 N–H and O–H groups in total. The van der Waals surface area contributed by atoms with E-state index in [0.717, 1.165) is 36.4 Å². The zero-order valence-electron chi connectivity index (χ0n) is 22.7. The molecule has 2 atom stereocenters. The quantitative estimate of drug-likeness (QED) is 0.118. The van der Waals surface area contributed by atoms with Gasteiger partial charge in [-0.15, -0.1) is 0 Å². The van der Waals surface area contributed by atoms with Gasteiger partial charge in [0, 0.05) is 16.9 Å². The van der Waals surface area contributed by atoms with Crippen LogP contribution < -0.4 is 9.47 Å². The number of benzene rings is 4. The van der Waals surface area contributed by atoms with Crippen molar-refractivity contribution in [3.05, 3.63) is 127 Å². The average Bonchev–Trinajstić information content (AvgIpc) is 3.26. The number of carbonyl (C=O) groups is 2. The number of carbonyl (C=O) groups excluding carboxylic acids is 2. The van der Waals surface area contributed by atoms with E-state index in [9.17, 15) is 9.59 Å². The van der Waals surface area contributed by atoms with Crippen LogP contribution in [0.5, 0.6) is 11.5 Å². The highest BCUT2D eigenvalue weighted by molar-refractivity contribution is 14.1. The molecule has 0 aromatic heterocycles. The second kappa shape index (κ2) is 10.9. The molecule has 42 heavy (non-hydrogen) atoms. The Hall–Kier alpha value is -3.69. The van der Waals surface area contributed by atoms with Crippen molar-refractivity contribution in [3.8, 4) is 11.5 Å². The highest BCUT2D eigenvalue weighted by Crippen LogP contribution is 2.61. The fourth-order valence-corrected chi connectivity index (χ4v) is 7.61. The summed E-state index contributed by atoms with van der Waals surface area (Å²) in [5.74, 6) is -0.559. The van der Waals surface area contributed by atoms with Crippen LogP contribution in [0.4, 0.5) is 0 Å². The summed E-state index contributed by atoms with van der Waals surface area (Å²) < 4.78 is 12.9. The molecular weight excluding hydrogens is 663 g/mol. The van der Waals surface area contributed by atoms with Crippen molar-refractivity contribution in [3.63, 3.8) is 0 Å². The molecular formula is C34H26ClIN2O4. The monoisotopic (exact) mass is 688 g/mol. The molecule has 1 saturated heterocycles. The number of hydrogen-bond acceptors (Lipinski definition) is 5. The first-order valence-corrected chi connectivity index (χ1v) is 15.3. The predicted octanol–water partition coefficient (Wildman–Crippen LogP) is 7.15. The Labute approximate surface area is 262 Å². The Balaban J connectivity index is 1.18. The predicted molar refractivity (Wildman–Crippen MR) is 169 cm³/mol. The molecule has 2 amide bonds. The van der Waals surface area contributed by atoms with Crippen LogP contribution in [0.15, 0.2) is 90.0 Å². The zero-order chi connectivity index (χ0) is 29.0. The van der Waals surface area contributed by atoms with E-state index in [1.807, 2.05) is 67.6 Å². The van der Waals surface area contributed by atoms with Gasteiger partial charge in [0.2, 0.25) is 0 Å². The molecule has 1 fully saturated rings. The molecule has 4 aromatic rings. The second-order valence-electron chi connectivity index (χ2n) is 10.7. The van der Waals surface area contributed by atoms with Crippen LogP contribution in [-0.4, -0.2) is 29.6 Å². The Bertz CT molecular complexity index is 1640. The smallest absolute Gasteiger partial charge is 0.254 e. The lowest BCUT2D eigenvalue weighted by atomic mass is 9.55. The van der Waals surface area contributed by atoms with Gasteiger partial charge in [0.15, 0.2) is 11.5 Å². The van der Waals surface area contributed by atoms with E-state index >= 15 is 0 Å². The van der Waals surface area contributed by atoms with Gasteiger partial charge >= 0.3 is 0 Å².